The van der Waals surface area contributed by atoms with Crippen LogP contribution in [0.2, 0.25) is 5.02 Å². The highest BCUT2D eigenvalue weighted by Gasteiger charge is 2.24. The van der Waals surface area contributed by atoms with E-state index in [9.17, 15) is 9.90 Å². The van der Waals surface area contributed by atoms with Crippen molar-refractivity contribution in [3.63, 3.8) is 0 Å². The molecular weight excluding hydrogens is 268 g/mol. The molecule has 1 heterocycles. The summed E-state index contributed by atoms with van der Waals surface area (Å²) in [6.07, 6.45) is 0.514. The van der Waals surface area contributed by atoms with Crippen LogP contribution in [-0.2, 0) is 11.3 Å². The topological polar surface area (TPSA) is 61.8 Å². The Bertz CT molecular complexity index is 467. The Morgan fingerprint density at radius 2 is 2.42 bits per heavy atom. The zero-order valence-corrected chi connectivity index (χ0v) is 11.5. The van der Waals surface area contributed by atoms with E-state index in [4.69, 9.17) is 11.6 Å². The number of aromatic hydroxyl groups is 1. The summed E-state index contributed by atoms with van der Waals surface area (Å²) in [7, 11) is 1.36. The van der Waals surface area contributed by atoms with Crippen LogP contribution in [0.1, 0.15) is 12.0 Å². The van der Waals surface area contributed by atoms with Crippen molar-refractivity contribution in [3.05, 3.63) is 28.8 Å². The van der Waals surface area contributed by atoms with E-state index in [1.54, 1.807) is 12.1 Å². The molecule has 0 aromatic heterocycles. The fraction of sp³-hybridized carbons (Fsp3) is 0.462. The number of amides is 1. The highest BCUT2D eigenvalue weighted by molar-refractivity contribution is 6.32. The first-order valence-electron chi connectivity index (χ1n) is 6.12. The van der Waals surface area contributed by atoms with Crippen LogP contribution in [0.5, 0.6) is 5.75 Å². The van der Waals surface area contributed by atoms with Crippen molar-refractivity contribution >= 4 is 17.7 Å². The molecule has 1 atom stereocenters. The van der Waals surface area contributed by atoms with Crippen LogP contribution < -0.4 is 5.32 Å². The van der Waals surface area contributed by atoms with Crippen LogP contribution >= 0.6 is 11.6 Å². The van der Waals surface area contributed by atoms with Gasteiger partial charge in [0.05, 0.1) is 12.1 Å². The van der Waals surface area contributed by atoms with E-state index < -0.39 is 0 Å². The van der Waals surface area contributed by atoms with Gasteiger partial charge < -0.3 is 15.2 Å². The number of phenols is 1. The lowest BCUT2D eigenvalue weighted by molar-refractivity contribution is 0.166. The fourth-order valence-electron chi connectivity index (χ4n) is 2.23. The number of hydrogen-bond donors (Lipinski definition) is 2. The second kappa shape index (κ2) is 6.12. The summed E-state index contributed by atoms with van der Waals surface area (Å²) in [4.78, 5) is 13.3. The molecule has 1 amide bonds. The van der Waals surface area contributed by atoms with Crippen molar-refractivity contribution < 1.29 is 14.6 Å². The molecule has 0 spiro atoms. The predicted octanol–water partition coefficient (Wildman–Crippen LogP) is 1.98. The molecule has 1 unspecified atom stereocenters. The third-order valence-electron chi connectivity index (χ3n) is 3.20. The number of alkyl carbamates (subject to hydrolysis) is 1. The van der Waals surface area contributed by atoms with Gasteiger partial charge in [0.15, 0.2) is 0 Å². The van der Waals surface area contributed by atoms with E-state index in [0.29, 0.717) is 5.02 Å². The average molecular weight is 285 g/mol. The van der Waals surface area contributed by atoms with Crippen molar-refractivity contribution in [2.24, 2.45) is 0 Å². The van der Waals surface area contributed by atoms with Crippen LogP contribution in [0, 0.1) is 0 Å². The molecule has 19 heavy (non-hydrogen) atoms. The van der Waals surface area contributed by atoms with Gasteiger partial charge in [-0.1, -0.05) is 17.7 Å². The van der Waals surface area contributed by atoms with Gasteiger partial charge in [0, 0.05) is 25.7 Å². The van der Waals surface area contributed by atoms with E-state index in [-0.39, 0.29) is 17.9 Å². The second-order valence-electron chi connectivity index (χ2n) is 4.64. The highest BCUT2D eigenvalue weighted by atomic mass is 35.5. The summed E-state index contributed by atoms with van der Waals surface area (Å²) in [6, 6.07) is 5.33. The number of nitrogens with one attached hydrogen (secondary N) is 1. The van der Waals surface area contributed by atoms with Crippen LogP contribution in [0.25, 0.3) is 0 Å². The number of carbonyl (C=O) groups excluding carboxylic acids is 1. The second-order valence-corrected chi connectivity index (χ2v) is 5.05. The standard InChI is InChI=1S/C13H17ClN2O3/c1-19-13(18)15-10-4-5-16(8-10)7-9-2-3-12(17)11(14)6-9/h2-3,6,10,17H,4-5,7-8H2,1H3,(H,15,18). The van der Waals surface area contributed by atoms with E-state index in [2.05, 4.69) is 15.0 Å². The molecule has 1 aromatic carbocycles. The van der Waals surface area contributed by atoms with Gasteiger partial charge in [-0.2, -0.15) is 0 Å². The maximum atomic E-state index is 11.1. The molecular formula is C13H17ClN2O3. The Morgan fingerprint density at radius 1 is 1.63 bits per heavy atom. The SMILES string of the molecule is COC(=O)NC1CCN(Cc2ccc(O)c(Cl)c2)C1. The quantitative estimate of drug-likeness (QED) is 0.891. The molecule has 0 radical (unpaired) electrons. The summed E-state index contributed by atoms with van der Waals surface area (Å²) >= 11 is 5.87. The van der Waals surface area contributed by atoms with Crippen molar-refractivity contribution in [2.45, 2.75) is 19.0 Å². The Balaban J connectivity index is 1.87. The van der Waals surface area contributed by atoms with Gasteiger partial charge in [-0.3, -0.25) is 4.90 Å². The number of likely N-dealkylation sites (tertiary alicyclic amines) is 1. The lowest BCUT2D eigenvalue weighted by atomic mass is 10.2. The number of phenolic OH excluding ortho intramolecular Hbond substituents is 1. The van der Waals surface area contributed by atoms with Gasteiger partial charge in [0.25, 0.3) is 0 Å². The minimum atomic E-state index is -0.389. The lowest BCUT2D eigenvalue weighted by Crippen LogP contribution is -2.36. The molecule has 104 valence electrons. The van der Waals surface area contributed by atoms with Gasteiger partial charge >= 0.3 is 6.09 Å². The number of rotatable bonds is 3. The fourth-order valence-corrected chi connectivity index (χ4v) is 2.43. The zero-order valence-electron chi connectivity index (χ0n) is 10.7. The zero-order chi connectivity index (χ0) is 13.8. The minimum absolute atomic E-state index is 0.0945. The number of benzene rings is 1. The number of ether oxygens (including phenoxy) is 1. The molecule has 1 aliphatic rings. The summed E-state index contributed by atoms with van der Waals surface area (Å²) in [6.45, 7) is 2.44. The minimum Gasteiger partial charge on any atom is -0.506 e. The Kier molecular flexibility index (Phi) is 4.50. The summed E-state index contributed by atoms with van der Waals surface area (Å²) in [5.41, 5.74) is 1.04. The molecule has 1 fully saturated rings. The van der Waals surface area contributed by atoms with Gasteiger partial charge in [-0.25, -0.2) is 4.79 Å². The maximum absolute atomic E-state index is 11.1. The van der Waals surface area contributed by atoms with Crippen LogP contribution in [0.3, 0.4) is 0 Å². The smallest absolute Gasteiger partial charge is 0.407 e. The number of nitrogens with zero attached hydrogens (tertiary/aromatic N) is 1. The van der Waals surface area contributed by atoms with E-state index in [1.807, 2.05) is 6.07 Å². The van der Waals surface area contributed by atoms with E-state index in [1.165, 1.54) is 7.11 Å². The largest absolute Gasteiger partial charge is 0.506 e. The lowest BCUT2D eigenvalue weighted by Gasteiger charge is -2.16. The van der Waals surface area contributed by atoms with Gasteiger partial charge in [-0.05, 0) is 24.1 Å². The number of halogens is 1. The first-order chi connectivity index (χ1) is 9.08. The van der Waals surface area contributed by atoms with E-state index in [0.717, 1.165) is 31.6 Å². The number of carbonyl (C=O) groups is 1. The molecule has 5 nitrogen and oxygen atoms in total. The van der Waals surface area contributed by atoms with Crippen LogP contribution in [0.4, 0.5) is 4.79 Å². The van der Waals surface area contributed by atoms with Crippen molar-refractivity contribution in [3.8, 4) is 5.75 Å². The van der Waals surface area contributed by atoms with Gasteiger partial charge in [0.2, 0.25) is 0 Å². The maximum Gasteiger partial charge on any atom is 0.407 e. The highest BCUT2D eigenvalue weighted by Crippen LogP contribution is 2.25. The van der Waals surface area contributed by atoms with Crippen molar-refractivity contribution in [1.82, 2.24) is 10.2 Å². The number of hydrogen-bond acceptors (Lipinski definition) is 4. The van der Waals surface area contributed by atoms with Crippen LogP contribution in [0.15, 0.2) is 18.2 Å². The molecule has 0 saturated carbocycles. The van der Waals surface area contributed by atoms with Crippen LogP contribution in [-0.4, -0.2) is 42.3 Å². The molecule has 2 N–H and O–H groups in total. The first-order valence-corrected chi connectivity index (χ1v) is 6.50. The summed E-state index contributed by atoms with van der Waals surface area (Å²) in [5, 5.41) is 12.5. The molecule has 1 saturated heterocycles. The van der Waals surface area contributed by atoms with Crippen molar-refractivity contribution in [2.75, 3.05) is 20.2 Å². The third-order valence-corrected chi connectivity index (χ3v) is 3.50. The molecule has 1 aromatic rings. The Hall–Kier alpha value is -1.46. The van der Waals surface area contributed by atoms with Gasteiger partial charge in [0.1, 0.15) is 5.75 Å². The Labute approximate surface area is 117 Å². The van der Waals surface area contributed by atoms with Gasteiger partial charge in [-0.15, -0.1) is 0 Å². The molecule has 1 aliphatic heterocycles. The third kappa shape index (κ3) is 3.75. The average Bonchev–Trinajstić information content (AvgIpc) is 2.81. The summed E-state index contributed by atoms with van der Waals surface area (Å²) in [5.74, 6) is 0.0945. The molecule has 6 heteroatoms. The first kappa shape index (κ1) is 14.0. The number of methoxy groups -OCH3 is 1. The molecule has 0 aliphatic carbocycles. The normalized spacial score (nSPS) is 19.4. The van der Waals surface area contributed by atoms with E-state index >= 15 is 0 Å². The summed E-state index contributed by atoms with van der Waals surface area (Å²) < 4.78 is 4.58. The predicted molar refractivity (Wildman–Crippen MR) is 72.3 cm³/mol. The monoisotopic (exact) mass is 284 g/mol. The Morgan fingerprint density at radius 3 is 3.11 bits per heavy atom. The molecule has 0 bridgehead atoms. The van der Waals surface area contributed by atoms with Crippen molar-refractivity contribution in [1.29, 1.82) is 0 Å². The molecule has 2 rings (SSSR count).